The van der Waals surface area contributed by atoms with Gasteiger partial charge in [0.15, 0.2) is 0 Å². The van der Waals surface area contributed by atoms with Gasteiger partial charge in [-0.05, 0) is 18.3 Å². The van der Waals surface area contributed by atoms with E-state index in [1.807, 2.05) is 6.08 Å². The molecule has 1 nitrogen and oxygen atoms in total. The SMILES string of the molecule is C=C[C@H]1OC[C@H](C)C[C@@H]1C. The first-order valence-electron chi connectivity index (χ1n) is 3.98. The van der Waals surface area contributed by atoms with E-state index in [0.29, 0.717) is 12.0 Å². The van der Waals surface area contributed by atoms with Gasteiger partial charge in [-0.1, -0.05) is 19.9 Å². The third kappa shape index (κ3) is 1.60. The quantitative estimate of drug-likeness (QED) is 0.507. The molecule has 1 saturated heterocycles. The van der Waals surface area contributed by atoms with Crippen molar-refractivity contribution in [2.75, 3.05) is 6.61 Å². The van der Waals surface area contributed by atoms with E-state index in [-0.39, 0.29) is 0 Å². The Morgan fingerprint density at radius 2 is 2.20 bits per heavy atom. The summed E-state index contributed by atoms with van der Waals surface area (Å²) in [5.41, 5.74) is 0. The van der Waals surface area contributed by atoms with Gasteiger partial charge in [-0.25, -0.2) is 0 Å². The first kappa shape index (κ1) is 7.80. The summed E-state index contributed by atoms with van der Waals surface area (Å²) in [6.07, 6.45) is 3.49. The summed E-state index contributed by atoms with van der Waals surface area (Å²) in [6.45, 7) is 9.09. The van der Waals surface area contributed by atoms with Crippen LogP contribution in [0.5, 0.6) is 0 Å². The summed E-state index contributed by atoms with van der Waals surface area (Å²) >= 11 is 0. The van der Waals surface area contributed by atoms with Gasteiger partial charge in [-0.15, -0.1) is 6.58 Å². The van der Waals surface area contributed by atoms with Crippen LogP contribution in [0.1, 0.15) is 20.3 Å². The van der Waals surface area contributed by atoms with Crippen LogP contribution in [-0.2, 0) is 4.74 Å². The number of rotatable bonds is 1. The van der Waals surface area contributed by atoms with Crippen molar-refractivity contribution in [1.82, 2.24) is 0 Å². The second-order valence-corrected chi connectivity index (χ2v) is 3.35. The van der Waals surface area contributed by atoms with E-state index in [1.165, 1.54) is 6.42 Å². The van der Waals surface area contributed by atoms with Crippen molar-refractivity contribution in [1.29, 1.82) is 0 Å². The van der Waals surface area contributed by atoms with Gasteiger partial charge in [-0.3, -0.25) is 0 Å². The van der Waals surface area contributed by atoms with E-state index in [4.69, 9.17) is 4.74 Å². The van der Waals surface area contributed by atoms with Crippen LogP contribution >= 0.6 is 0 Å². The molecule has 0 aliphatic carbocycles. The lowest BCUT2D eigenvalue weighted by Gasteiger charge is -2.30. The van der Waals surface area contributed by atoms with Gasteiger partial charge >= 0.3 is 0 Å². The summed E-state index contributed by atoms with van der Waals surface area (Å²) in [5.74, 6) is 1.38. The fourth-order valence-electron chi connectivity index (χ4n) is 1.58. The minimum Gasteiger partial charge on any atom is -0.374 e. The zero-order chi connectivity index (χ0) is 7.56. The molecule has 58 valence electrons. The predicted molar refractivity (Wildman–Crippen MR) is 42.9 cm³/mol. The summed E-state index contributed by atoms with van der Waals surface area (Å²) in [4.78, 5) is 0. The van der Waals surface area contributed by atoms with Crippen LogP contribution in [0.2, 0.25) is 0 Å². The maximum Gasteiger partial charge on any atom is 0.0778 e. The van der Waals surface area contributed by atoms with Crippen molar-refractivity contribution in [2.24, 2.45) is 11.8 Å². The predicted octanol–water partition coefficient (Wildman–Crippen LogP) is 2.23. The molecule has 0 unspecified atom stereocenters. The van der Waals surface area contributed by atoms with Crippen molar-refractivity contribution >= 4 is 0 Å². The van der Waals surface area contributed by atoms with Crippen LogP contribution in [0, 0.1) is 11.8 Å². The van der Waals surface area contributed by atoms with E-state index in [1.54, 1.807) is 0 Å². The van der Waals surface area contributed by atoms with E-state index in [2.05, 4.69) is 20.4 Å². The Labute approximate surface area is 63.1 Å². The third-order valence-corrected chi connectivity index (χ3v) is 2.14. The summed E-state index contributed by atoms with van der Waals surface area (Å²) < 4.78 is 5.53. The van der Waals surface area contributed by atoms with Crippen LogP contribution in [0.3, 0.4) is 0 Å². The normalized spacial score (nSPS) is 41.2. The molecule has 0 N–H and O–H groups in total. The monoisotopic (exact) mass is 140 g/mol. The van der Waals surface area contributed by atoms with Crippen LogP contribution < -0.4 is 0 Å². The minimum atomic E-state index is 0.302. The Morgan fingerprint density at radius 3 is 2.70 bits per heavy atom. The van der Waals surface area contributed by atoms with Crippen molar-refractivity contribution in [2.45, 2.75) is 26.4 Å². The number of hydrogen-bond acceptors (Lipinski definition) is 1. The van der Waals surface area contributed by atoms with Gasteiger partial charge in [0.1, 0.15) is 0 Å². The fourth-order valence-corrected chi connectivity index (χ4v) is 1.58. The van der Waals surface area contributed by atoms with Crippen molar-refractivity contribution in [3.63, 3.8) is 0 Å². The lowest BCUT2D eigenvalue weighted by atomic mass is 9.90. The first-order chi connectivity index (χ1) is 4.74. The molecule has 0 bridgehead atoms. The van der Waals surface area contributed by atoms with Crippen LogP contribution in [0.25, 0.3) is 0 Å². The third-order valence-electron chi connectivity index (χ3n) is 2.14. The van der Waals surface area contributed by atoms with Crippen molar-refractivity contribution < 1.29 is 4.74 Å². The average molecular weight is 140 g/mol. The molecule has 3 atom stereocenters. The maximum absolute atomic E-state index is 5.53. The Hall–Kier alpha value is -0.300. The van der Waals surface area contributed by atoms with Crippen molar-refractivity contribution in [3.8, 4) is 0 Å². The topological polar surface area (TPSA) is 9.23 Å². The minimum absolute atomic E-state index is 0.302. The Bertz CT molecular complexity index is 120. The van der Waals surface area contributed by atoms with Crippen molar-refractivity contribution in [3.05, 3.63) is 12.7 Å². The van der Waals surface area contributed by atoms with Crippen LogP contribution in [-0.4, -0.2) is 12.7 Å². The molecule has 1 heterocycles. The van der Waals surface area contributed by atoms with E-state index >= 15 is 0 Å². The molecule has 0 amide bonds. The highest BCUT2D eigenvalue weighted by molar-refractivity contribution is 4.87. The Morgan fingerprint density at radius 1 is 1.50 bits per heavy atom. The molecular weight excluding hydrogens is 124 g/mol. The molecule has 1 rings (SSSR count). The fraction of sp³-hybridized carbons (Fsp3) is 0.778. The highest BCUT2D eigenvalue weighted by Gasteiger charge is 2.22. The summed E-state index contributed by atoms with van der Waals surface area (Å²) in [6, 6.07) is 0. The highest BCUT2D eigenvalue weighted by Crippen LogP contribution is 2.24. The van der Waals surface area contributed by atoms with Crippen LogP contribution in [0.4, 0.5) is 0 Å². The summed E-state index contributed by atoms with van der Waals surface area (Å²) in [5, 5.41) is 0. The molecule has 1 heteroatoms. The molecule has 0 aromatic rings. The molecule has 1 fully saturated rings. The van der Waals surface area contributed by atoms with Gasteiger partial charge in [-0.2, -0.15) is 0 Å². The van der Waals surface area contributed by atoms with Gasteiger partial charge in [0, 0.05) is 6.61 Å². The van der Waals surface area contributed by atoms with Gasteiger partial charge in [0.25, 0.3) is 0 Å². The molecule has 0 aromatic carbocycles. The standard InChI is InChI=1S/C9H16O/c1-4-9-8(3)5-7(2)6-10-9/h4,7-9H,1,5-6H2,2-3H3/t7-,8+,9-/m1/s1. The average Bonchev–Trinajstić information content (AvgIpc) is 1.88. The first-order valence-corrected chi connectivity index (χ1v) is 3.98. The van der Waals surface area contributed by atoms with Gasteiger partial charge in [0.05, 0.1) is 6.10 Å². The molecule has 1 aliphatic rings. The second kappa shape index (κ2) is 3.20. The smallest absolute Gasteiger partial charge is 0.0778 e. The van der Waals surface area contributed by atoms with E-state index < -0.39 is 0 Å². The summed E-state index contributed by atoms with van der Waals surface area (Å²) in [7, 11) is 0. The van der Waals surface area contributed by atoms with Crippen LogP contribution in [0.15, 0.2) is 12.7 Å². The maximum atomic E-state index is 5.53. The van der Waals surface area contributed by atoms with E-state index in [0.717, 1.165) is 12.5 Å². The zero-order valence-corrected chi connectivity index (χ0v) is 6.84. The van der Waals surface area contributed by atoms with Gasteiger partial charge in [0.2, 0.25) is 0 Å². The molecule has 0 spiro atoms. The second-order valence-electron chi connectivity index (χ2n) is 3.35. The van der Waals surface area contributed by atoms with Gasteiger partial charge < -0.3 is 4.74 Å². The zero-order valence-electron chi connectivity index (χ0n) is 6.84. The lowest BCUT2D eigenvalue weighted by molar-refractivity contribution is -0.0186. The Kier molecular flexibility index (Phi) is 2.50. The van der Waals surface area contributed by atoms with E-state index in [9.17, 15) is 0 Å². The molecule has 1 aliphatic heterocycles. The number of ether oxygens (including phenoxy) is 1. The largest absolute Gasteiger partial charge is 0.374 e. The lowest BCUT2D eigenvalue weighted by Crippen LogP contribution is -2.30. The number of hydrogen-bond donors (Lipinski definition) is 0. The molecule has 0 saturated carbocycles. The molecule has 0 radical (unpaired) electrons. The molecule has 10 heavy (non-hydrogen) atoms. The highest BCUT2D eigenvalue weighted by atomic mass is 16.5. The molecular formula is C9H16O. The Balaban J connectivity index is 2.43. The molecule has 0 aromatic heterocycles.